The fourth-order valence-electron chi connectivity index (χ4n) is 2.72. The molecule has 1 aromatic heterocycles. The summed E-state index contributed by atoms with van der Waals surface area (Å²) >= 11 is 1.06. The van der Waals surface area contributed by atoms with Crippen LogP contribution in [0.4, 0.5) is 0 Å². The zero-order valence-electron chi connectivity index (χ0n) is 12.3. The van der Waals surface area contributed by atoms with Gasteiger partial charge in [-0.05, 0) is 43.2 Å². The summed E-state index contributed by atoms with van der Waals surface area (Å²) in [6.45, 7) is 4.48. The summed E-state index contributed by atoms with van der Waals surface area (Å²) in [6, 6.07) is 3.34. The second-order valence-corrected chi connectivity index (χ2v) is 8.93. The quantitative estimate of drug-likeness (QED) is 0.883. The number of rotatable bonds is 4. The molecule has 0 aromatic carbocycles. The van der Waals surface area contributed by atoms with Gasteiger partial charge in [-0.15, -0.1) is 11.3 Å². The van der Waals surface area contributed by atoms with Gasteiger partial charge in [0, 0.05) is 10.9 Å². The first-order chi connectivity index (χ1) is 9.75. The number of hydrogen-bond acceptors (Lipinski definition) is 4. The van der Waals surface area contributed by atoms with Crippen molar-refractivity contribution in [2.75, 3.05) is 0 Å². The Hall–Kier alpha value is -0.920. The van der Waals surface area contributed by atoms with Crippen LogP contribution in [0.5, 0.6) is 0 Å². The van der Waals surface area contributed by atoms with Gasteiger partial charge in [0.15, 0.2) is 0 Å². The molecule has 0 spiro atoms. The van der Waals surface area contributed by atoms with E-state index in [0.717, 1.165) is 30.6 Å². The maximum Gasteiger partial charge on any atom is 0.247 e. The molecule has 21 heavy (non-hydrogen) atoms. The van der Waals surface area contributed by atoms with E-state index in [-0.39, 0.29) is 22.6 Å². The number of nitrogens with two attached hydrogens (primary N) is 1. The van der Waals surface area contributed by atoms with Gasteiger partial charge in [-0.3, -0.25) is 4.79 Å². The van der Waals surface area contributed by atoms with Crippen LogP contribution in [0.25, 0.3) is 0 Å². The normalized spacial score (nSPS) is 26.5. The lowest BCUT2D eigenvalue weighted by atomic mass is 9.79. The predicted octanol–water partition coefficient (Wildman–Crippen LogP) is 1.88. The van der Waals surface area contributed by atoms with Crippen LogP contribution in [-0.2, 0) is 21.2 Å². The monoisotopic (exact) mass is 330 g/mol. The van der Waals surface area contributed by atoms with Crippen molar-refractivity contribution in [3.05, 3.63) is 17.0 Å². The molecule has 1 heterocycles. The fourth-order valence-corrected chi connectivity index (χ4v) is 4.50. The maximum atomic E-state index is 12.0. The molecule has 1 fully saturated rings. The topological polar surface area (TPSA) is 89.3 Å². The van der Waals surface area contributed by atoms with Crippen LogP contribution in [0, 0.1) is 11.8 Å². The maximum absolute atomic E-state index is 12.0. The smallest absolute Gasteiger partial charge is 0.247 e. The van der Waals surface area contributed by atoms with Crippen LogP contribution < -0.4 is 10.5 Å². The van der Waals surface area contributed by atoms with Crippen LogP contribution in [0.1, 0.15) is 38.0 Å². The van der Waals surface area contributed by atoms with Crippen LogP contribution in [-0.4, -0.2) is 20.4 Å². The number of carbonyl (C=O) groups is 1. The first kappa shape index (κ1) is 16.5. The summed E-state index contributed by atoms with van der Waals surface area (Å²) in [5, 5.41) is 8.11. The first-order valence-electron chi connectivity index (χ1n) is 7.16. The van der Waals surface area contributed by atoms with E-state index in [9.17, 15) is 13.2 Å². The number of carbonyl (C=O) groups excluding carboxylic acids is 1. The highest BCUT2D eigenvalue weighted by Crippen LogP contribution is 2.29. The van der Waals surface area contributed by atoms with E-state index in [1.54, 1.807) is 6.07 Å². The predicted molar refractivity (Wildman–Crippen MR) is 83.5 cm³/mol. The molecular weight excluding hydrogens is 308 g/mol. The molecule has 0 saturated heterocycles. The molecule has 1 aliphatic carbocycles. The molecule has 0 radical (unpaired) electrons. The lowest BCUT2D eigenvalue weighted by molar-refractivity contribution is -0.121. The summed E-state index contributed by atoms with van der Waals surface area (Å²) in [6.07, 6.45) is 3.38. The van der Waals surface area contributed by atoms with Crippen molar-refractivity contribution < 1.29 is 13.2 Å². The van der Waals surface area contributed by atoms with Crippen molar-refractivity contribution in [1.82, 2.24) is 5.32 Å². The SMILES string of the molecule is CC1CCC(NC(=O)Cc2ccc(S(N)(=O)=O)s2)CC1C. The Morgan fingerprint density at radius 3 is 2.62 bits per heavy atom. The van der Waals surface area contributed by atoms with E-state index in [1.807, 2.05) is 0 Å². The van der Waals surface area contributed by atoms with Gasteiger partial charge >= 0.3 is 0 Å². The average molecular weight is 330 g/mol. The van der Waals surface area contributed by atoms with Gasteiger partial charge in [0.25, 0.3) is 0 Å². The number of thiophene rings is 1. The van der Waals surface area contributed by atoms with Gasteiger partial charge in [0.2, 0.25) is 15.9 Å². The summed E-state index contributed by atoms with van der Waals surface area (Å²) in [4.78, 5) is 12.8. The van der Waals surface area contributed by atoms with Crippen LogP contribution in [0.2, 0.25) is 0 Å². The van der Waals surface area contributed by atoms with Crippen LogP contribution in [0.3, 0.4) is 0 Å². The fraction of sp³-hybridized carbons (Fsp3) is 0.643. The van der Waals surface area contributed by atoms with Gasteiger partial charge in [-0.2, -0.15) is 0 Å². The molecule has 3 N–H and O–H groups in total. The molecule has 3 atom stereocenters. The van der Waals surface area contributed by atoms with E-state index < -0.39 is 10.0 Å². The van der Waals surface area contributed by atoms with E-state index in [1.165, 1.54) is 6.07 Å². The molecule has 5 nitrogen and oxygen atoms in total. The van der Waals surface area contributed by atoms with Crippen molar-refractivity contribution in [2.24, 2.45) is 17.0 Å². The summed E-state index contributed by atoms with van der Waals surface area (Å²) in [5.74, 6) is 1.29. The number of nitrogens with one attached hydrogen (secondary N) is 1. The Balaban J connectivity index is 1.89. The summed E-state index contributed by atoms with van der Waals surface area (Å²) in [7, 11) is -3.67. The summed E-state index contributed by atoms with van der Waals surface area (Å²) in [5.41, 5.74) is 0. The highest BCUT2D eigenvalue weighted by Gasteiger charge is 2.25. The van der Waals surface area contributed by atoms with Crippen LogP contribution in [0.15, 0.2) is 16.3 Å². The molecule has 2 rings (SSSR count). The van der Waals surface area contributed by atoms with Crippen LogP contribution >= 0.6 is 11.3 Å². The minimum Gasteiger partial charge on any atom is -0.353 e. The van der Waals surface area contributed by atoms with Gasteiger partial charge in [-0.1, -0.05) is 13.8 Å². The number of amides is 1. The van der Waals surface area contributed by atoms with Gasteiger partial charge < -0.3 is 5.32 Å². The Morgan fingerprint density at radius 1 is 1.33 bits per heavy atom. The highest BCUT2D eigenvalue weighted by molar-refractivity contribution is 7.91. The molecule has 118 valence electrons. The third kappa shape index (κ3) is 4.52. The van der Waals surface area contributed by atoms with Crippen molar-refractivity contribution >= 4 is 27.3 Å². The minimum absolute atomic E-state index is 0.0513. The molecular formula is C14H22N2O3S2. The first-order valence-corrected chi connectivity index (χ1v) is 9.53. The lowest BCUT2D eigenvalue weighted by Crippen LogP contribution is -2.40. The van der Waals surface area contributed by atoms with Gasteiger partial charge in [0.1, 0.15) is 4.21 Å². The Morgan fingerprint density at radius 2 is 2.05 bits per heavy atom. The zero-order chi connectivity index (χ0) is 15.6. The molecule has 1 aliphatic rings. The minimum atomic E-state index is -3.67. The standard InChI is InChI=1S/C14H22N2O3S2/c1-9-3-4-11(7-10(9)2)16-13(17)8-12-5-6-14(20-12)21(15,18)19/h5-6,9-11H,3-4,7-8H2,1-2H3,(H,16,17)(H2,15,18,19). The highest BCUT2D eigenvalue weighted by atomic mass is 32.2. The average Bonchev–Trinajstić information content (AvgIpc) is 2.82. The van der Waals surface area contributed by atoms with Crippen molar-refractivity contribution in [1.29, 1.82) is 0 Å². The van der Waals surface area contributed by atoms with E-state index >= 15 is 0 Å². The van der Waals surface area contributed by atoms with Crippen molar-refractivity contribution in [2.45, 2.75) is 49.8 Å². The molecule has 1 amide bonds. The van der Waals surface area contributed by atoms with Crippen molar-refractivity contribution in [3.8, 4) is 0 Å². The lowest BCUT2D eigenvalue weighted by Gasteiger charge is -2.32. The third-order valence-corrected chi connectivity index (χ3v) is 6.74. The Bertz CT molecular complexity index is 609. The molecule has 3 unspecified atom stereocenters. The zero-order valence-corrected chi connectivity index (χ0v) is 14.0. The second-order valence-electron chi connectivity index (χ2n) is 5.97. The molecule has 0 bridgehead atoms. The molecule has 7 heteroatoms. The van der Waals surface area contributed by atoms with E-state index in [2.05, 4.69) is 19.2 Å². The molecule has 1 saturated carbocycles. The van der Waals surface area contributed by atoms with E-state index in [0.29, 0.717) is 16.7 Å². The van der Waals surface area contributed by atoms with Gasteiger partial charge in [-0.25, -0.2) is 13.6 Å². The van der Waals surface area contributed by atoms with E-state index in [4.69, 9.17) is 5.14 Å². The van der Waals surface area contributed by atoms with Crippen molar-refractivity contribution in [3.63, 3.8) is 0 Å². The molecule has 1 aromatic rings. The number of sulfonamides is 1. The second kappa shape index (κ2) is 6.46. The Kier molecular flexibility index (Phi) is 5.06. The third-order valence-electron chi connectivity index (χ3n) is 4.22. The molecule has 0 aliphatic heterocycles. The number of hydrogen-bond donors (Lipinski definition) is 2. The Labute approximate surface area is 130 Å². The summed E-state index contributed by atoms with van der Waals surface area (Å²) < 4.78 is 22.5. The largest absolute Gasteiger partial charge is 0.353 e. The van der Waals surface area contributed by atoms with Gasteiger partial charge in [0.05, 0.1) is 6.42 Å². The number of primary sulfonamides is 1.